The van der Waals surface area contributed by atoms with E-state index in [-0.39, 0.29) is 22.8 Å². The lowest BCUT2D eigenvalue weighted by Gasteiger charge is -2.04. The summed E-state index contributed by atoms with van der Waals surface area (Å²) in [6.07, 6.45) is 0. The molecule has 1 aromatic heterocycles. The topological polar surface area (TPSA) is 71.8 Å². The van der Waals surface area contributed by atoms with Crippen LogP contribution in [0.15, 0.2) is 66.7 Å². The number of nitrogens with zero attached hydrogens (tertiary/aromatic N) is 1. The number of ketones is 1. The minimum absolute atomic E-state index is 0. The minimum atomic E-state index is 0. The first-order valence-corrected chi connectivity index (χ1v) is 8.88. The maximum absolute atomic E-state index is 12.3. The third-order valence-corrected chi connectivity index (χ3v) is 4.32. The van der Waals surface area contributed by atoms with Gasteiger partial charge in [0.05, 0.1) is 17.1 Å². The maximum atomic E-state index is 12.3. The fourth-order valence-corrected chi connectivity index (χ4v) is 3.01. The molecule has 0 bridgehead atoms. The van der Waals surface area contributed by atoms with Crippen molar-refractivity contribution < 1.29 is 26.8 Å². The van der Waals surface area contributed by atoms with Gasteiger partial charge in [-0.15, -0.1) is 0 Å². The predicted molar refractivity (Wildman–Crippen MR) is 102 cm³/mol. The molecular formula is C19H19BrN4OS. The molecule has 5 nitrogen and oxygen atoms in total. The fraction of sp³-hybridized carbons (Fsp3) is 0.105. The van der Waals surface area contributed by atoms with Crippen LogP contribution in [0.5, 0.6) is 0 Å². The maximum Gasteiger partial charge on any atom is 0.286 e. The van der Waals surface area contributed by atoms with E-state index in [0.29, 0.717) is 17.1 Å². The number of anilines is 1. The van der Waals surface area contributed by atoms with Crippen LogP contribution in [-0.4, -0.2) is 26.9 Å². The number of Topliss-reactive ketones (excluding diaryl/α,β-unsaturated/α-hetero) is 1. The summed E-state index contributed by atoms with van der Waals surface area (Å²) in [6.45, 7) is 1.94. The molecule has 0 saturated carbocycles. The highest BCUT2D eigenvalue weighted by atomic mass is 79.9. The summed E-state index contributed by atoms with van der Waals surface area (Å²) >= 11 is 1.41. The van der Waals surface area contributed by atoms with E-state index in [9.17, 15) is 4.79 Å². The standard InChI is InChI=1S/C19H18N4OS.BrH/c1-14-12-18(23-22-14)21-19(20-16-10-6-3-7-11-16)25-13-17(24)15-8-4-2-5-9-15;/h2-12H,13H2,1H3,(H2,20,21,22,23);1H. The number of H-pyrrole nitrogens is 1. The molecule has 0 fully saturated rings. The van der Waals surface area contributed by atoms with Crippen molar-refractivity contribution in [2.24, 2.45) is 0 Å². The number of nitrogens with one attached hydrogen (secondary N) is 3. The molecule has 0 unspecified atom stereocenters. The fourth-order valence-electron chi connectivity index (χ4n) is 2.20. The monoisotopic (exact) mass is 430 g/mol. The quantitative estimate of drug-likeness (QED) is 0.290. The SMILES string of the molecule is Cc1cc([NH+]=C(Nc2ccccc2)SCC(=O)c2ccccc2)n[nH]1.[Br-]. The number of carbonyl (C=O) groups is 1. The average Bonchev–Trinajstić information content (AvgIpc) is 3.06. The highest BCUT2D eigenvalue weighted by molar-refractivity contribution is 8.14. The second kappa shape index (κ2) is 9.94. The zero-order valence-corrected chi connectivity index (χ0v) is 16.6. The Kier molecular flexibility index (Phi) is 7.62. The smallest absolute Gasteiger partial charge is 0.286 e. The van der Waals surface area contributed by atoms with Gasteiger partial charge in [-0.1, -0.05) is 48.5 Å². The number of halogens is 1. The van der Waals surface area contributed by atoms with Gasteiger partial charge in [-0.3, -0.25) is 10.1 Å². The number of benzene rings is 2. The van der Waals surface area contributed by atoms with Crippen molar-refractivity contribution in [1.82, 2.24) is 10.2 Å². The van der Waals surface area contributed by atoms with Gasteiger partial charge in [0.25, 0.3) is 11.0 Å². The Morgan fingerprint density at radius 2 is 1.77 bits per heavy atom. The first-order chi connectivity index (χ1) is 12.2. The number of para-hydroxylation sites is 1. The molecule has 0 atom stereocenters. The van der Waals surface area contributed by atoms with Crippen molar-refractivity contribution in [1.29, 1.82) is 0 Å². The molecule has 26 heavy (non-hydrogen) atoms. The third kappa shape index (κ3) is 5.86. The van der Waals surface area contributed by atoms with Gasteiger partial charge in [0.15, 0.2) is 5.78 Å². The number of thioether (sulfide) groups is 1. The third-order valence-electron chi connectivity index (χ3n) is 3.42. The lowest BCUT2D eigenvalue weighted by Crippen LogP contribution is -3.00. The lowest BCUT2D eigenvalue weighted by molar-refractivity contribution is -0.355. The number of aromatic amines is 1. The van der Waals surface area contributed by atoms with Crippen LogP contribution in [0.25, 0.3) is 0 Å². The molecule has 0 spiro atoms. The van der Waals surface area contributed by atoms with E-state index >= 15 is 0 Å². The van der Waals surface area contributed by atoms with Crippen molar-refractivity contribution >= 4 is 34.2 Å². The Balaban J connectivity index is 0.00000243. The molecular weight excluding hydrogens is 412 g/mol. The Bertz CT molecular complexity index is 866. The Hall–Kier alpha value is -2.38. The highest BCUT2D eigenvalue weighted by Crippen LogP contribution is 2.11. The van der Waals surface area contributed by atoms with Crippen LogP contribution in [0.3, 0.4) is 0 Å². The number of hydrogen-bond acceptors (Lipinski definition) is 3. The number of aryl methyl sites for hydroxylation is 1. The molecule has 2 aromatic carbocycles. The van der Waals surface area contributed by atoms with Gasteiger partial charge in [0.1, 0.15) is 0 Å². The van der Waals surface area contributed by atoms with Gasteiger partial charge >= 0.3 is 0 Å². The molecule has 1 heterocycles. The largest absolute Gasteiger partial charge is 1.00 e. The number of rotatable bonds is 5. The van der Waals surface area contributed by atoms with Crippen LogP contribution in [0.4, 0.5) is 11.5 Å². The van der Waals surface area contributed by atoms with Crippen molar-refractivity contribution in [2.75, 3.05) is 11.1 Å². The summed E-state index contributed by atoms with van der Waals surface area (Å²) in [7, 11) is 0. The van der Waals surface area contributed by atoms with Crippen LogP contribution in [0.2, 0.25) is 0 Å². The van der Waals surface area contributed by atoms with E-state index in [1.54, 1.807) is 0 Å². The normalized spacial score (nSPS) is 10.9. The number of aromatic nitrogens is 2. The highest BCUT2D eigenvalue weighted by Gasteiger charge is 2.13. The van der Waals surface area contributed by atoms with Gasteiger partial charge in [-0.05, 0) is 35.9 Å². The van der Waals surface area contributed by atoms with E-state index in [4.69, 9.17) is 0 Å². The van der Waals surface area contributed by atoms with Crippen molar-refractivity contribution in [3.8, 4) is 0 Å². The number of carbonyl (C=O) groups excluding carboxylic acids is 1. The minimum Gasteiger partial charge on any atom is -1.00 e. The van der Waals surface area contributed by atoms with E-state index in [2.05, 4.69) is 20.5 Å². The van der Waals surface area contributed by atoms with Gasteiger partial charge in [0, 0.05) is 11.6 Å². The molecule has 0 aliphatic carbocycles. The van der Waals surface area contributed by atoms with E-state index in [0.717, 1.165) is 16.5 Å². The number of amidine groups is 1. The molecule has 3 N–H and O–H groups in total. The zero-order chi connectivity index (χ0) is 17.5. The molecule has 134 valence electrons. The van der Waals surface area contributed by atoms with E-state index in [1.165, 1.54) is 11.8 Å². The average molecular weight is 431 g/mol. The van der Waals surface area contributed by atoms with Gasteiger partial charge in [-0.25, -0.2) is 10.1 Å². The zero-order valence-electron chi connectivity index (χ0n) is 14.2. The van der Waals surface area contributed by atoms with E-state index < -0.39 is 0 Å². The Morgan fingerprint density at radius 3 is 2.38 bits per heavy atom. The molecule has 0 aliphatic rings. The molecule has 0 saturated heterocycles. The summed E-state index contributed by atoms with van der Waals surface area (Å²) in [5, 5.41) is 11.1. The van der Waals surface area contributed by atoms with Crippen molar-refractivity contribution in [3.63, 3.8) is 0 Å². The lowest BCUT2D eigenvalue weighted by atomic mass is 10.2. The second-order valence-corrected chi connectivity index (χ2v) is 6.44. The van der Waals surface area contributed by atoms with Crippen molar-refractivity contribution in [2.45, 2.75) is 6.92 Å². The second-order valence-electron chi connectivity index (χ2n) is 5.46. The summed E-state index contributed by atoms with van der Waals surface area (Å²) in [5.41, 5.74) is 2.62. The molecule has 3 aromatic rings. The molecule has 0 amide bonds. The predicted octanol–water partition coefficient (Wildman–Crippen LogP) is -0.482. The van der Waals surface area contributed by atoms with E-state index in [1.807, 2.05) is 73.7 Å². The molecule has 0 aliphatic heterocycles. The van der Waals surface area contributed by atoms with Crippen LogP contribution in [-0.2, 0) is 0 Å². The van der Waals surface area contributed by atoms with Crippen molar-refractivity contribution in [3.05, 3.63) is 78.0 Å². The van der Waals surface area contributed by atoms with Crippen LogP contribution >= 0.6 is 11.8 Å². The summed E-state index contributed by atoms with van der Waals surface area (Å²) in [5.74, 6) is 1.11. The van der Waals surface area contributed by atoms with Gasteiger partial charge in [0.2, 0.25) is 0 Å². The molecule has 0 radical (unpaired) electrons. The molecule has 3 rings (SSSR count). The Morgan fingerprint density at radius 1 is 1.12 bits per heavy atom. The summed E-state index contributed by atoms with van der Waals surface area (Å²) < 4.78 is 0. The summed E-state index contributed by atoms with van der Waals surface area (Å²) in [4.78, 5) is 15.6. The summed E-state index contributed by atoms with van der Waals surface area (Å²) in [6, 6.07) is 21.0. The number of hydrogen-bond donors (Lipinski definition) is 3. The van der Waals surface area contributed by atoms with Crippen LogP contribution in [0, 0.1) is 6.92 Å². The van der Waals surface area contributed by atoms with Gasteiger partial charge < -0.3 is 17.0 Å². The first-order valence-electron chi connectivity index (χ1n) is 7.90. The van der Waals surface area contributed by atoms with Crippen LogP contribution < -0.4 is 27.3 Å². The van der Waals surface area contributed by atoms with Gasteiger partial charge in [-0.2, -0.15) is 0 Å². The first kappa shape index (κ1) is 19.9. The Labute approximate surface area is 167 Å². The molecule has 7 heteroatoms. The van der Waals surface area contributed by atoms with Crippen LogP contribution in [0.1, 0.15) is 16.1 Å².